The van der Waals surface area contributed by atoms with Crippen molar-refractivity contribution < 1.29 is 14.4 Å². The number of pyridine rings is 1. The van der Waals surface area contributed by atoms with Gasteiger partial charge in [-0.15, -0.1) is 0 Å². The molecule has 0 spiro atoms. The van der Waals surface area contributed by atoms with E-state index in [9.17, 15) is 10.0 Å². The summed E-state index contributed by atoms with van der Waals surface area (Å²) in [5, 5.41) is 18.3. The van der Waals surface area contributed by atoms with Crippen LogP contribution >= 0.6 is 11.8 Å². The first-order valence-electron chi connectivity index (χ1n) is 6.11. The molecule has 0 fully saturated rings. The largest absolute Gasteiger partial charge is 0.618 e. The highest BCUT2D eigenvalue weighted by Crippen LogP contribution is 2.22. The molecule has 0 atom stereocenters. The number of hydrogen-bond acceptors (Lipinski definition) is 5. The third-order valence-corrected chi connectivity index (χ3v) is 3.48. The molecule has 0 aliphatic heterocycles. The normalized spacial score (nSPS) is 12.1. The molecule has 6 nitrogen and oxygen atoms in total. The van der Waals surface area contributed by atoms with Crippen LogP contribution in [0.2, 0.25) is 0 Å². The van der Waals surface area contributed by atoms with Crippen LogP contribution in [0.3, 0.4) is 0 Å². The zero-order valence-corrected chi connectivity index (χ0v) is 12.9. The number of oxime groups is 1. The molecule has 7 heteroatoms. The van der Waals surface area contributed by atoms with Gasteiger partial charge in [0.1, 0.15) is 0 Å². The second-order valence-electron chi connectivity index (χ2n) is 5.07. The fourth-order valence-corrected chi connectivity index (χ4v) is 2.32. The molecule has 20 heavy (non-hydrogen) atoms. The smallest absolute Gasteiger partial charge is 0.433 e. The Morgan fingerprint density at radius 3 is 2.75 bits per heavy atom. The first-order chi connectivity index (χ1) is 9.34. The predicted molar refractivity (Wildman–Crippen MR) is 78.6 cm³/mol. The Balaban J connectivity index is 2.76. The Morgan fingerprint density at radius 2 is 2.20 bits per heavy atom. The van der Waals surface area contributed by atoms with Gasteiger partial charge in [0.15, 0.2) is 6.20 Å². The van der Waals surface area contributed by atoms with Crippen LogP contribution in [0.5, 0.6) is 0 Å². The van der Waals surface area contributed by atoms with E-state index >= 15 is 0 Å². The minimum atomic E-state index is -0.615. The maximum atomic E-state index is 11.6. The van der Waals surface area contributed by atoms with Crippen molar-refractivity contribution in [3.63, 3.8) is 0 Å². The third-order valence-electron chi connectivity index (χ3n) is 2.45. The zero-order valence-electron chi connectivity index (χ0n) is 12.0. The number of nitrogens with zero attached hydrogens (tertiary/aromatic N) is 2. The molecular weight excluding hydrogens is 278 g/mol. The number of nitrogens with one attached hydrogen (secondary N) is 1. The maximum Gasteiger partial charge on any atom is 0.433 e. The second-order valence-corrected chi connectivity index (χ2v) is 6.07. The van der Waals surface area contributed by atoms with Gasteiger partial charge < -0.3 is 10.5 Å². The molecule has 110 valence electrons. The van der Waals surface area contributed by atoms with Gasteiger partial charge in [-0.3, -0.25) is 4.84 Å². The number of hydrogen-bond donors (Lipinski definition) is 1. The van der Waals surface area contributed by atoms with E-state index in [0.29, 0.717) is 16.5 Å². The van der Waals surface area contributed by atoms with Gasteiger partial charge in [0.05, 0.1) is 5.71 Å². The van der Waals surface area contributed by atoms with Crippen molar-refractivity contribution in [2.45, 2.75) is 25.8 Å². The summed E-state index contributed by atoms with van der Waals surface area (Å²) in [6.45, 7) is 5.90. The van der Waals surface area contributed by atoms with Crippen molar-refractivity contribution in [1.82, 2.24) is 5.32 Å². The van der Waals surface area contributed by atoms with E-state index in [4.69, 9.17) is 4.84 Å². The highest BCUT2D eigenvalue weighted by atomic mass is 32.2. The number of amides is 1. The van der Waals surface area contributed by atoms with E-state index in [2.05, 4.69) is 10.5 Å². The number of thioether (sulfide) groups is 1. The van der Waals surface area contributed by atoms with Crippen molar-refractivity contribution in [3.05, 3.63) is 29.6 Å². The topological polar surface area (TPSA) is 77.6 Å². The van der Waals surface area contributed by atoms with E-state index in [1.807, 2.05) is 20.8 Å². The van der Waals surface area contributed by atoms with Crippen LogP contribution in [0.25, 0.3) is 0 Å². The first kappa shape index (κ1) is 16.3. The molecule has 1 N–H and O–H groups in total. The van der Waals surface area contributed by atoms with Gasteiger partial charge in [-0.1, -0.05) is 25.9 Å². The molecule has 1 heterocycles. The Kier molecular flexibility index (Phi) is 5.82. The van der Waals surface area contributed by atoms with Crippen LogP contribution in [-0.4, -0.2) is 24.6 Å². The highest BCUT2D eigenvalue weighted by molar-refractivity contribution is 7.99. The minimum Gasteiger partial charge on any atom is -0.618 e. The van der Waals surface area contributed by atoms with Crippen molar-refractivity contribution in [2.75, 3.05) is 12.8 Å². The van der Waals surface area contributed by atoms with E-state index in [-0.39, 0.29) is 5.41 Å². The molecule has 1 rings (SSSR count). The quantitative estimate of drug-likeness (QED) is 0.231. The highest BCUT2D eigenvalue weighted by Gasteiger charge is 2.22. The van der Waals surface area contributed by atoms with Gasteiger partial charge in [-0.25, -0.2) is 4.79 Å². The molecule has 1 aromatic heterocycles. The summed E-state index contributed by atoms with van der Waals surface area (Å²) < 4.78 is 0.796. The molecule has 0 aliphatic carbocycles. The van der Waals surface area contributed by atoms with Crippen LogP contribution in [-0.2, 0) is 4.84 Å². The Bertz CT molecular complexity index is 498. The average Bonchev–Trinajstić information content (AvgIpc) is 2.38. The number of rotatable bonds is 4. The molecule has 0 radical (unpaired) electrons. The predicted octanol–water partition coefficient (Wildman–Crippen LogP) is 2.17. The van der Waals surface area contributed by atoms with Crippen molar-refractivity contribution >= 4 is 23.6 Å². The summed E-state index contributed by atoms with van der Waals surface area (Å²) in [6, 6.07) is 5.20. The molecule has 1 aromatic rings. The van der Waals surface area contributed by atoms with E-state index in [1.165, 1.54) is 25.0 Å². The van der Waals surface area contributed by atoms with Gasteiger partial charge in [-0.05, 0) is 17.8 Å². The van der Waals surface area contributed by atoms with Crippen molar-refractivity contribution in [2.24, 2.45) is 10.6 Å². The average molecular weight is 297 g/mol. The van der Waals surface area contributed by atoms with Gasteiger partial charge in [0, 0.05) is 30.3 Å². The van der Waals surface area contributed by atoms with E-state index in [1.54, 1.807) is 18.2 Å². The van der Waals surface area contributed by atoms with Crippen molar-refractivity contribution in [1.29, 1.82) is 0 Å². The third kappa shape index (κ3) is 5.08. The Labute approximate surface area is 122 Å². The zero-order chi connectivity index (χ0) is 15.2. The summed E-state index contributed by atoms with van der Waals surface area (Å²) in [4.78, 5) is 15.8. The minimum absolute atomic E-state index is 0.260. The molecule has 0 bridgehead atoms. The summed E-state index contributed by atoms with van der Waals surface area (Å²) in [6.07, 6.45) is 0.826. The fourth-order valence-electron chi connectivity index (χ4n) is 1.19. The Hall–Kier alpha value is -1.76. The molecule has 0 saturated heterocycles. The number of carbonyl (C=O) groups is 1. The van der Waals surface area contributed by atoms with Gasteiger partial charge in [0.2, 0.25) is 0 Å². The standard InChI is InChI=1S/C13H19N3O3S/c1-13(2,3)10(15-19-12(17)14-4)9-20-11-7-5-6-8-16(11)18/h5-8H,9H2,1-4H3,(H,14,17). The molecule has 1 amide bonds. The van der Waals surface area contributed by atoms with Crippen LogP contribution < -0.4 is 10.0 Å². The van der Waals surface area contributed by atoms with Crippen molar-refractivity contribution in [3.8, 4) is 0 Å². The lowest BCUT2D eigenvalue weighted by Gasteiger charge is -2.19. The first-order valence-corrected chi connectivity index (χ1v) is 7.10. The summed E-state index contributed by atoms with van der Waals surface area (Å²) >= 11 is 1.35. The monoisotopic (exact) mass is 297 g/mol. The summed E-state index contributed by atoms with van der Waals surface area (Å²) in [5.41, 5.74) is 0.429. The number of aromatic nitrogens is 1. The Morgan fingerprint density at radius 1 is 1.50 bits per heavy atom. The lowest BCUT2D eigenvalue weighted by atomic mass is 9.91. The van der Waals surface area contributed by atoms with Crippen LogP contribution in [0.15, 0.2) is 34.6 Å². The second kappa shape index (κ2) is 7.14. The van der Waals surface area contributed by atoms with E-state index < -0.39 is 6.09 Å². The van der Waals surface area contributed by atoms with Gasteiger partial charge in [-0.2, -0.15) is 4.73 Å². The van der Waals surface area contributed by atoms with E-state index in [0.717, 1.165) is 4.73 Å². The molecule has 0 aromatic carbocycles. The molecular formula is C13H19N3O3S. The van der Waals surface area contributed by atoms with Gasteiger partial charge in [0.25, 0.3) is 5.03 Å². The molecule has 0 unspecified atom stereocenters. The van der Waals surface area contributed by atoms with Crippen LogP contribution in [0.4, 0.5) is 4.79 Å². The lowest BCUT2D eigenvalue weighted by molar-refractivity contribution is -0.645. The fraction of sp³-hybridized carbons (Fsp3) is 0.462. The maximum absolute atomic E-state index is 11.6. The van der Waals surface area contributed by atoms with Crippen LogP contribution in [0, 0.1) is 10.6 Å². The number of carbonyl (C=O) groups excluding carboxylic acids is 1. The van der Waals surface area contributed by atoms with Crippen LogP contribution in [0.1, 0.15) is 20.8 Å². The summed E-state index contributed by atoms with van der Waals surface area (Å²) in [7, 11) is 1.47. The molecule has 0 aliphatic rings. The molecule has 0 saturated carbocycles. The summed E-state index contributed by atoms with van der Waals surface area (Å²) in [5.74, 6) is 0.465. The lowest BCUT2D eigenvalue weighted by Crippen LogP contribution is -2.29. The van der Waals surface area contributed by atoms with Gasteiger partial charge >= 0.3 is 6.09 Å². The SMILES string of the molecule is CNC(=O)ON=C(CSc1cccc[n+]1[O-])C(C)(C)C.